The van der Waals surface area contributed by atoms with E-state index in [1.54, 1.807) is 0 Å². The Morgan fingerprint density at radius 2 is 1.69 bits per heavy atom. The van der Waals surface area contributed by atoms with Gasteiger partial charge in [-0.3, -0.25) is 4.68 Å². The van der Waals surface area contributed by atoms with E-state index in [0.717, 1.165) is 7.05 Å². The zero-order valence-electron chi connectivity index (χ0n) is 7.69. The number of hydrogen-bond acceptors (Lipinski definition) is 1. The average Bonchev–Trinajstić information content (AvgIpc) is 2.45. The summed E-state index contributed by atoms with van der Waals surface area (Å²) in [6.45, 7) is 0. The summed E-state index contributed by atoms with van der Waals surface area (Å²) in [5.74, 6) is -5.21. The first-order valence-electron chi connectivity index (χ1n) is 3.84. The van der Waals surface area contributed by atoms with Crippen molar-refractivity contribution in [1.29, 1.82) is 0 Å². The molecule has 0 amide bonds. The molecule has 1 rings (SSSR count). The van der Waals surface area contributed by atoms with Gasteiger partial charge in [-0.15, -0.1) is 0 Å². The predicted molar refractivity (Wildman–Crippen MR) is 38.1 cm³/mol. The van der Waals surface area contributed by atoms with Gasteiger partial charge in [0, 0.05) is 7.05 Å². The number of nitrogens with zero attached hydrogens (tertiary/aromatic N) is 2. The lowest BCUT2D eigenvalue weighted by Gasteiger charge is -2.19. The number of aromatic nitrogens is 2. The van der Waals surface area contributed by atoms with Crippen LogP contribution < -0.4 is 0 Å². The average molecular weight is 250 g/mol. The van der Waals surface area contributed by atoms with E-state index in [4.69, 9.17) is 0 Å². The maximum atomic E-state index is 12.8. The van der Waals surface area contributed by atoms with Gasteiger partial charge in [-0.25, -0.2) is 8.78 Å². The van der Waals surface area contributed by atoms with Crippen LogP contribution in [0.4, 0.5) is 30.7 Å². The lowest BCUT2D eigenvalue weighted by Crippen LogP contribution is -2.35. The van der Waals surface area contributed by atoms with Gasteiger partial charge in [0.15, 0.2) is 0 Å². The van der Waals surface area contributed by atoms with E-state index >= 15 is 0 Å². The highest BCUT2D eigenvalue weighted by atomic mass is 19.4. The van der Waals surface area contributed by atoms with E-state index in [-0.39, 0.29) is 10.7 Å². The highest BCUT2D eigenvalue weighted by Gasteiger charge is 2.60. The highest BCUT2D eigenvalue weighted by Crippen LogP contribution is 2.44. The van der Waals surface area contributed by atoms with Crippen molar-refractivity contribution in [3.8, 4) is 0 Å². The smallest absolute Gasteiger partial charge is 0.266 e. The Bertz CT molecular complexity index is 379. The van der Waals surface area contributed by atoms with Gasteiger partial charge in [0.25, 0.3) is 6.43 Å². The van der Waals surface area contributed by atoms with Crippen LogP contribution in [-0.4, -0.2) is 16.0 Å². The third-order valence-electron chi connectivity index (χ3n) is 1.80. The molecule has 2 nitrogen and oxygen atoms in total. The van der Waals surface area contributed by atoms with Crippen LogP contribution >= 0.6 is 0 Å². The van der Waals surface area contributed by atoms with E-state index in [1.165, 1.54) is 0 Å². The van der Waals surface area contributed by atoms with Crippen molar-refractivity contribution in [2.45, 2.75) is 18.5 Å². The summed E-state index contributed by atoms with van der Waals surface area (Å²) in [5.41, 5.74) is -2.74. The standard InChI is InChI=1S/C7H5F7N2/c1-16-4(2-3(15-16)5(8)9)6(10,11)7(12,13)14/h2,5H,1H3. The summed E-state index contributed by atoms with van der Waals surface area (Å²) in [6, 6.07) is 0.0398. The first-order valence-corrected chi connectivity index (χ1v) is 3.84. The fourth-order valence-corrected chi connectivity index (χ4v) is 1.04. The van der Waals surface area contributed by atoms with Gasteiger partial charge in [-0.2, -0.15) is 27.1 Å². The topological polar surface area (TPSA) is 17.8 Å². The molecule has 0 saturated heterocycles. The molecule has 0 aliphatic carbocycles. The molecule has 0 bridgehead atoms. The Kier molecular flexibility index (Phi) is 2.90. The van der Waals surface area contributed by atoms with Crippen LogP contribution in [0.15, 0.2) is 6.07 Å². The molecule has 9 heteroatoms. The molecule has 0 unspecified atom stereocenters. The normalized spacial score (nSPS) is 13.6. The molecule has 0 aliphatic heterocycles. The van der Waals surface area contributed by atoms with Gasteiger partial charge in [0.05, 0.1) is 0 Å². The molecule has 1 heterocycles. The molecule has 0 aliphatic rings. The van der Waals surface area contributed by atoms with Gasteiger partial charge in [-0.05, 0) is 6.07 Å². The zero-order valence-corrected chi connectivity index (χ0v) is 7.69. The first kappa shape index (κ1) is 12.8. The molecule has 0 N–H and O–H groups in total. The molecule has 16 heavy (non-hydrogen) atoms. The molecule has 0 saturated carbocycles. The fourth-order valence-electron chi connectivity index (χ4n) is 1.04. The van der Waals surface area contributed by atoms with Crippen LogP contribution in [0.3, 0.4) is 0 Å². The lowest BCUT2D eigenvalue weighted by atomic mass is 10.2. The molecular formula is C7H5F7N2. The van der Waals surface area contributed by atoms with Gasteiger partial charge in [-0.1, -0.05) is 0 Å². The molecule has 0 radical (unpaired) electrons. The van der Waals surface area contributed by atoms with Crippen LogP contribution in [0.25, 0.3) is 0 Å². The molecule has 0 aromatic carbocycles. The van der Waals surface area contributed by atoms with E-state index in [1.807, 2.05) is 0 Å². The van der Waals surface area contributed by atoms with Crippen molar-refractivity contribution in [3.63, 3.8) is 0 Å². The minimum absolute atomic E-state index is 0.0398. The summed E-state index contributed by atoms with van der Waals surface area (Å²) < 4.78 is 85.5. The largest absolute Gasteiger partial charge is 0.459 e. The van der Waals surface area contributed by atoms with E-state index < -0.39 is 29.9 Å². The van der Waals surface area contributed by atoms with Crippen molar-refractivity contribution in [1.82, 2.24) is 9.78 Å². The van der Waals surface area contributed by atoms with Gasteiger partial charge in [0.1, 0.15) is 11.4 Å². The molecule has 0 atom stereocenters. The van der Waals surface area contributed by atoms with Crippen LogP contribution in [0.2, 0.25) is 0 Å². The molecular weight excluding hydrogens is 245 g/mol. The van der Waals surface area contributed by atoms with Crippen LogP contribution in [0.1, 0.15) is 17.8 Å². The molecule has 0 spiro atoms. The van der Waals surface area contributed by atoms with Crippen LogP contribution in [-0.2, 0) is 13.0 Å². The van der Waals surface area contributed by atoms with Gasteiger partial charge >= 0.3 is 12.1 Å². The van der Waals surface area contributed by atoms with Crippen molar-refractivity contribution in [2.24, 2.45) is 7.05 Å². The van der Waals surface area contributed by atoms with Crippen LogP contribution in [0.5, 0.6) is 0 Å². The summed E-state index contributed by atoms with van der Waals surface area (Å²) in [6.07, 6.45) is -9.05. The maximum absolute atomic E-state index is 12.8. The number of hydrogen-bond donors (Lipinski definition) is 0. The maximum Gasteiger partial charge on any atom is 0.459 e. The van der Waals surface area contributed by atoms with Gasteiger partial charge in [0.2, 0.25) is 0 Å². The fraction of sp³-hybridized carbons (Fsp3) is 0.571. The lowest BCUT2D eigenvalue weighted by molar-refractivity contribution is -0.292. The SMILES string of the molecule is Cn1nc(C(F)F)cc1C(F)(F)C(F)(F)F. The van der Waals surface area contributed by atoms with Gasteiger partial charge < -0.3 is 0 Å². The van der Waals surface area contributed by atoms with E-state index in [2.05, 4.69) is 5.10 Å². The quantitative estimate of drug-likeness (QED) is 0.738. The van der Waals surface area contributed by atoms with Crippen molar-refractivity contribution >= 4 is 0 Å². The minimum atomic E-state index is -5.85. The number of aryl methyl sites for hydroxylation is 1. The Hall–Kier alpha value is -1.28. The second-order valence-corrected chi connectivity index (χ2v) is 2.95. The third kappa shape index (κ3) is 1.98. The Labute approximate surface area is 84.7 Å². The molecule has 0 fully saturated rings. The molecule has 1 aromatic heterocycles. The summed E-state index contributed by atoms with van der Waals surface area (Å²) in [7, 11) is 0.737. The second kappa shape index (κ2) is 3.63. The van der Waals surface area contributed by atoms with E-state index in [9.17, 15) is 30.7 Å². The Morgan fingerprint density at radius 3 is 2.00 bits per heavy atom. The first-order chi connectivity index (χ1) is 7.07. The van der Waals surface area contributed by atoms with Crippen molar-refractivity contribution < 1.29 is 30.7 Å². The van der Waals surface area contributed by atoms with E-state index in [0.29, 0.717) is 0 Å². The molecule has 1 aromatic rings. The Balaban J connectivity index is 3.23. The highest BCUT2D eigenvalue weighted by molar-refractivity contribution is 5.17. The van der Waals surface area contributed by atoms with Crippen molar-refractivity contribution in [2.75, 3.05) is 0 Å². The third-order valence-corrected chi connectivity index (χ3v) is 1.80. The second-order valence-electron chi connectivity index (χ2n) is 2.95. The summed E-state index contributed by atoms with van der Waals surface area (Å²) in [5, 5.41) is 2.88. The van der Waals surface area contributed by atoms with Crippen LogP contribution in [0, 0.1) is 0 Å². The summed E-state index contributed by atoms with van der Waals surface area (Å²) in [4.78, 5) is 0. The Morgan fingerprint density at radius 1 is 1.19 bits per heavy atom. The van der Waals surface area contributed by atoms with Crippen molar-refractivity contribution in [3.05, 3.63) is 17.5 Å². The number of alkyl halides is 7. The predicted octanol–water partition coefficient (Wildman–Crippen LogP) is 3.01. The zero-order chi connectivity index (χ0) is 12.7. The number of halogens is 7. The number of rotatable bonds is 2. The minimum Gasteiger partial charge on any atom is -0.266 e. The molecule has 92 valence electrons. The summed E-state index contributed by atoms with van der Waals surface area (Å²) >= 11 is 0. The monoisotopic (exact) mass is 250 g/mol.